The third-order valence-corrected chi connectivity index (χ3v) is 3.42. The maximum atomic E-state index is 12.0. The zero-order chi connectivity index (χ0) is 13.8. The summed E-state index contributed by atoms with van der Waals surface area (Å²) in [5.74, 6) is 0.698. The fraction of sp³-hybridized carbons (Fsp3) is 0.615. The van der Waals surface area contributed by atoms with E-state index in [-0.39, 0.29) is 17.7 Å². The molecule has 1 N–H and O–H groups in total. The molecule has 19 heavy (non-hydrogen) atoms. The van der Waals surface area contributed by atoms with Gasteiger partial charge in [-0.25, -0.2) is 4.98 Å². The number of aryl methyl sites for hydroxylation is 1. The maximum Gasteiger partial charge on any atom is 0.223 e. The second kappa shape index (κ2) is 5.86. The zero-order valence-electron chi connectivity index (χ0n) is 11.3. The molecule has 1 aliphatic heterocycles. The summed E-state index contributed by atoms with van der Waals surface area (Å²) in [7, 11) is 0. The molecule has 1 aromatic heterocycles. The maximum absolute atomic E-state index is 12.0. The molecule has 104 valence electrons. The van der Waals surface area contributed by atoms with Crippen molar-refractivity contribution in [3.63, 3.8) is 0 Å². The molecule has 6 heteroatoms. The summed E-state index contributed by atoms with van der Waals surface area (Å²) < 4.78 is 5.08. The molecule has 2 rings (SSSR count). The van der Waals surface area contributed by atoms with Gasteiger partial charge in [0.1, 0.15) is 6.26 Å². The predicted molar refractivity (Wildman–Crippen MR) is 68.1 cm³/mol. The molecular formula is C13H19N3O3. The number of nitrogens with one attached hydrogen (secondary N) is 1. The van der Waals surface area contributed by atoms with E-state index < -0.39 is 0 Å². The Labute approximate surface area is 112 Å². The third kappa shape index (κ3) is 3.56. The van der Waals surface area contributed by atoms with Gasteiger partial charge in [0.15, 0.2) is 5.89 Å². The van der Waals surface area contributed by atoms with E-state index in [9.17, 15) is 9.59 Å². The lowest BCUT2D eigenvalue weighted by Crippen LogP contribution is -2.42. The van der Waals surface area contributed by atoms with E-state index in [1.54, 1.807) is 25.0 Å². The Hall–Kier alpha value is -1.85. The van der Waals surface area contributed by atoms with Crippen molar-refractivity contribution in [3.05, 3.63) is 17.8 Å². The van der Waals surface area contributed by atoms with Crippen LogP contribution in [0.15, 0.2) is 10.7 Å². The van der Waals surface area contributed by atoms with E-state index in [1.165, 1.54) is 0 Å². The van der Waals surface area contributed by atoms with Gasteiger partial charge >= 0.3 is 0 Å². The average Bonchev–Trinajstić information content (AvgIpc) is 2.82. The van der Waals surface area contributed by atoms with E-state index in [0.717, 1.165) is 18.5 Å². The van der Waals surface area contributed by atoms with Gasteiger partial charge in [-0.1, -0.05) is 0 Å². The highest BCUT2D eigenvalue weighted by molar-refractivity contribution is 5.79. The molecule has 2 amide bonds. The van der Waals surface area contributed by atoms with Crippen molar-refractivity contribution in [2.24, 2.45) is 5.92 Å². The van der Waals surface area contributed by atoms with Crippen LogP contribution in [0.5, 0.6) is 0 Å². The van der Waals surface area contributed by atoms with Gasteiger partial charge in [0, 0.05) is 32.9 Å². The van der Waals surface area contributed by atoms with Crippen LogP contribution in [0.4, 0.5) is 0 Å². The predicted octanol–water partition coefficient (Wildman–Crippen LogP) is 0.858. The molecule has 2 heterocycles. The number of nitrogens with zero attached hydrogens (tertiary/aromatic N) is 2. The number of rotatable bonds is 3. The lowest BCUT2D eigenvalue weighted by atomic mass is 9.96. The lowest BCUT2D eigenvalue weighted by molar-refractivity contribution is -0.134. The van der Waals surface area contributed by atoms with Gasteiger partial charge in [-0.05, 0) is 12.8 Å². The van der Waals surface area contributed by atoms with Crippen molar-refractivity contribution in [1.29, 1.82) is 0 Å². The number of hydrogen-bond donors (Lipinski definition) is 1. The van der Waals surface area contributed by atoms with Gasteiger partial charge in [0.2, 0.25) is 11.8 Å². The molecule has 0 bridgehead atoms. The summed E-state index contributed by atoms with van der Waals surface area (Å²) in [5, 5.41) is 2.86. The number of oxazole rings is 1. The second-order valence-corrected chi connectivity index (χ2v) is 4.86. The van der Waals surface area contributed by atoms with Gasteiger partial charge in [0.05, 0.1) is 12.2 Å². The van der Waals surface area contributed by atoms with Crippen LogP contribution < -0.4 is 5.32 Å². The van der Waals surface area contributed by atoms with Crippen LogP contribution in [0.3, 0.4) is 0 Å². The van der Waals surface area contributed by atoms with Crippen molar-refractivity contribution >= 4 is 11.8 Å². The average molecular weight is 265 g/mol. The van der Waals surface area contributed by atoms with Crippen molar-refractivity contribution in [1.82, 2.24) is 15.2 Å². The zero-order valence-corrected chi connectivity index (χ0v) is 11.3. The van der Waals surface area contributed by atoms with Gasteiger partial charge in [-0.3, -0.25) is 9.59 Å². The Morgan fingerprint density at radius 2 is 2.16 bits per heavy atom. The highest BCUT2D eigenvalue weighted by Crippen LogP contribution is 2.17. The number of piperidine rings is 1. The van der Waals surface area contributed by atoms with E-state index in [4.69, 9.17) is 4.42 Å². The van der Waals surface area contributed by atoms with Crippen LogP contribution in [-0.2, 0) is 16.1 Å². The second-order valence-electron chi connectivity index (χ2n) is 4.86. The smallest absolute Gasteiger partial charge is 0.223 e. The largest absolute Gasteiger partial charge is 0.449 e. The summed E-state index contributed by atoms with van der Waals surface area (Å²) >= 11 is 0. The molecule has 1 fully saturated rings. The summed E-state index contributed by atoms with van der Waals surface area (Å²) in [6.07, 6.45) is 3.00. The van der Waals surface area contributed by atoms with Crippen LogP contribution in [-0.4, -0.2) is 34.8 Å². The van der Waals surface area contributed by atoms with Gasteiger partial charge in [-0.15, -0.1) is 0 Å². The summed E-state index contributed by atoms with van der Waals surface area (Å²) in [5.41, 5.74) is 0.729. The molecular weight excluding hydrogens is 246 g/mol. The number of carbonyl (C=O) groups is 2. The van der Waals surface area contributed by atoms with Gasteiger partial charge in [-0.2, -0.15) is 0 Å². The van der Waals surface area contributed by atoms with Crippen LogP contribution in [0, 0.1) is 12.8 Å². The minimum atomic E-state index is -0.0106. The fourth-order valence-corrected chi connectivity index (χ4v) is 2.27. The Bertz CT molecular complexity index is 461. The van der Waals surface area contributed by atoms with E-state index in [0.29, 0.717) is 25.5 Å². The molecule has 6 nitrogen and oxygen atoms in total. The van der Waals surface area contributed by atoms with Crippen LogP contribution in [0.2, 0.25) is 0 Å². The van der Waals surface area contributed by atoms with E-state index >= 15 is 0 Å². The molecule has 0 radical (unpaired) electrons. The number of carbonyl (C=O) groups excluding carboxylic acids is 2. The monoisotopic (exact) mass is 265 g/mol. The van der Waals surface area contributed by atoms with Gasteiger partial charge < -0.3 is 14.6 Å². The first kappa shape index (κ1) is 13.6. The van der Waals surface area contributed by atoms with E-state index in [2.05, 4.69) is 10.3 Å². The topological polar surface area (TPSA) is 75.4 Å². The Kier molecular flexibility index (Phi) is 4.19. The SMILES string of the molecule is CC(=O)N1CCC(C(=O)NCc2coc(C)n2)CC1. The Morgan fingerprint density at radius 1 is 1.47 bits per heavy atom. The van der Waals surface area contributed by atoms with Crippen molar-refractivity contribution in [2.45, 2.75) is 33.2 Å². The fourth-order valence-electron chi connectivity index (χ4n) is 2.27. The number of hydrogen-bond acceptors (Lipinski definition) is 4. The summed E-state index contributed by atoms with van der Waals surface area (Å²) in [6.45, 7) is 5.05. The van der Waals surface area contributed by atoms with Crippen molar-refractivity contribution in [3.8, 4) is 0 Å². The number of likely N-dealkylation sites (tertiary alicyclic amines) is 1. The first-order valence-electron chi connectivity index (χ1n) is 6.50. The Morgan fingerprint density at radius 3 is 2.68 bits per heavy atom. The molecule has 1 aliphatic rings. The molecule has 0 atom stereocenters. The first-order chi connectivity index (χ1) is 9.06. The minimum absolute atomic E-state index is 0.0106. The molecule has 0 unspecified atom stereocenters. The third-order valence-electron chi connectivity index (χ3n) is 3.42. The normalized spacial score (nSPS) is 16.4. The molecule has 0 aliphatic carbocycles. The van der Waals surface area contributed by atoms with Crippen LogP contribution >= 0.6 is 0 Å². The number of aromatic nitrogens is 1. The molecule has 1 saturated heterocycles. The van der Waals surface area contributed by atoms with Crippen LogP contribution in [0.25, 0.3) is 0 Å². The van der Waals surface area contributed by atoms with Crippen LogP contribution in [0.1, 0.15) is 31.4 Å². The Balaban J connectivity index is 1.77. The molecule has 0 saturated carbocycles. The highest BCUT2D eigenvalue weighted by Gasteiger charge is 2.25. The summed E-state index contributed by atoms with van der Waals surface area (Å²) in [6, 6.07) is 0. The quantitative estimate of drug-likeness (QED) is 0.879. The van der Waals surface area contributed by atoms with Crippen molar-refractivity contribution < 1.29 is 14.0 Å². The van der Waals surface area contributed by atoms with Gasteiger partial charge in [0.25, 0.3) is 0 Å². The molecule has 0 aromatic carbocycles. The van der Waals surface area contributed by atoms with Crippen molar-refractivity contribution in [2.75, 3.05) is 13.1 Å². The molecule has 0 spiro atoms. The first-order valence-corrected chi connectivity index (χ1v) is 6.50. The minimum Gasteiger partial charge on any atom is -0.449 e. The summed E-state index contributed by atoms with van der Waals surface area (Å²) in [4.78, 5) is 29.1. The highest BCUT2D eigenvalue weighted by atomic mass is 16.3. The lowest BCUT2D eigenvalue weighted by Gasteiger charge is -2.30. The molecule has 1 aromatic rings. The number of amides is 2. The standard InChI is InChI=1S/C13H19N3O3/c1-9-15-12(8-19-9)7-14-13(18)11-3-5-16(6-4-11)10(2)17/h8,11H,3-7H2,1-2H3,(H,14,18). The van der Waals surface area contributed by atoms with E-state index in [1.807, 2.05) is 0 Å².